The van der Waals surface area contributed by atoms with Crippen LogP contribution < -0.4 is 4.74 Å². The van der Waals surface area contributed by atoms with Gasteiger partial charge in [0.2, 0.25) is 12.0 Å². The first-order valence-corrected chi connectivity index (χ1v) is 4.83. The number of hydrogen-bond acceptors (Lipinski definition) is 5. The van der Waals surface area contributed by atoms with Crippen molar-refractivity contribution in [2.24, 2.45) is 0 Å². The van der Waals surface area contributed by atoms with Crippen molar-refractivity contribution in [1.82, 2.24) is 4.98 Å². The molecule has 0 aliphatic heterocycles. The Bertz CT molecular complexity index is 621. The maximum atomic E-state index is 12.0. The van der Waals surface area contributed by atoms with Gasteiger partial charge in [-0.25, -0.2) is 9.78 Å². The van der Waals surface area contributed by atoms with Crippen LogP contribution in [0.5, 0.6) is 5.75 Å². The number of rotatable bonds is 3. The fourth-order valence-corrected chi connectivity index (χ4v) is 1.34. The van der Waals surface area contributed by atoms with Crippen LogP contribution in [0.4, 0.5) is 13.2 Å². The summed E-state index contributed by atoms with van der Waals surface area (Å²) in [7, 11) is 0. The van der Waals surface area contributed by atoms with Crippen LogP contribution in [0.1, 0.15) is 12.0 Å². The van der Waals surface area contributed by atoms with Gasteiger partial charge in [0.25, 0.3) is 0 Å². The minimum Gasteiger partial charge on any atom is -0.479 e. The number of aliphatic hydroxyl groups is 1. The normalized spacial score (nSPS) is 13.5. The van der Waals surface area contributed by atoms with Crippen molar-refractivity contribution in [2.75, 3.05) is 0 Å². The van der Waals surface area contributed by atoms with Crippen LogP contribution in [0.25, 0.3) is 11.1 Å². The lowest BCUT2D eigenvalue weighted by Gasteiger charge is -2.07. The number of hydrogen-bond donors (Lipinski definition) is 2. The molecule has 0 bridgehead atoms. The number of carboxylic acids is 1. The lowest BCUT2D eigenvalue weighted by atomic mass is 10.3. The number of halogens is 3. The Kier molecular flexibility index (Phi) is 3.06. The number of benzene rings is 1. The quantitative estimate of drug-likeness (QED) is 0.889. The third-order valence-corrected chi connectivity index (χ3v) is 2.08. The summed E-state index contributed by atoms with van der Waals surface area (Å²) in [6, 6.07) is 3.04. The Balaban J connectivity index is 2.36. The lowest BCUT2D eigenvalue weighted by molar-refractivity contribution is -0.274. The summed E-state index contributed by atoms with van der Waals surface area (Å²) >= 11 is 0. The molecule has 1 unspecified atom stereocenters. The Morgan fingerprint density at radius 2 is 2.11 bits per heavy atom. The van der Waals surface area contributed by atoms with Gasteiger partial charge in [-0.3, -0.25) is 0 Å². The van der Waals surface area contributed by atoms with Gasteiger partial charge in [-0.15, -0.1) is 13.2 Å². The average Bonchev–Trinajstić information content (AvgIpc) is 2.68. The number of aromatic nitrogens is 1. The molecule has 0 saturated heterocycles. The zero-order chi connectivity index (χ0) is 14.2. The van der Waals surface area contributed by atoms with Gasteiger partial charge in [0.1, 0.15) is 11.3 Å². The molecule has 9 heteroatoms. The third kappa shape index (κ3) is 2.94. The zero-order valence-corrected chi connectivity index (χ0v) is 9.01. The molecule has 1 aromatic heterocycles. The van der Waals surface area contributed by atoms with Gasteiger partial charge in [0.05, 0.1) is 0 Å². The molecule has 0 fully saturated rings. The monoisotopic (exact) mass is 277 g/mol. The van der Waals surface area contributed by atoms with Crippen LogP contribution >= 0.6 is 0 Å². The summed E-state index contributed by atoms with van der Waals surface area (Å²) in [4.78, 5) is 14.1. The van der Waals surface area contributed by atoms with Crippen molar-refractivity contribution in [1.29, 1.82) is 0 Å². The van der Waals surface area contributed by atoms with Crippen LogP contribution in [0.2, 0.25) is 0 Å². The summed E-state index contributed by atoms with van der Waals surface area (Å²) < 4.78 is 44.5. The summed E-state index contributed by atoms with van der Waals surface area (Å²) in [5.41, 5.74) is -0.0260. The van der Waals surface area contributed by atoms with Gasteiger partial charge in [0.15, 0.2) is 5.58 Å². The minimum atomic E-state index is -4.85. The summed E-state index contributed by atoms with van der Waals surface area (Å²) in [5, 5.41) is 17.7. The molecule has 1 aromatic carbocycles. The second kappa shape index (κ2) is 4.43. The summed E-state index contributed by atoms with van der Waals surface area (Å²) in [5.74, 6) is -2.64. The maximum absolute atomic E-state index is 12.0. The van der Waals surface area contributed by atoms with E-state index in [1.165, 1.54) is 0 Å². The number of oxazole rings is 1. The molecule has 6 nitrogen and oxygen atoms in total. The van der Waals surface area contributed by atoms with E-state index in [1.807, 2.05) is 0 Å². The Morgan fingerprint density at radius 1 is 1.42 bits per heavy atom. The summed E-state index contributed by atoms with van der Waals surface area (Å²) in [6.45, 7) is 0. The topological polar surface area (TPSA) is 92.8 Å². The first-order valence-electron chi connectivity index (χ1n) is 4.83. The van der Waals surface area contributed by atoms with Crippen molar-refractivity contribution in [3.05, 3.63) is 24.1 Å². The largest absolute Gasteiger partial charge is 0.573 e. The molecule has 0 amide bonds. The Hall–Kier alpha value is -2.29. The highest BCUT2D eigenvalue weighted by Gasteiger charge is 2.31. The molecule has 0 aliphatic carbocycles. The van der Waals surface area contributed by atoms with E-state index in [2.05, 4.69) is 9.72 Å². The number of alkyl halides is 3. The van der Waals surface area contributed by atoms with Gasteiger partial charge in [-0.1, -0.05) is 0 Å². The van der Waals surface area contributed by atoms with Gasteiger partial charge < -0.3 is 19.4 Å². The smallest absolute Gasteiger partial charge is 0.479 e. The highest BCUT2D eigenvalue weighted by Crippen LogP contribution is 2.28. The molecule has 2 rings (SSSR count). The number of aliphatic hydroxyl groups excluding tert-OH is 1. The highest BCUT2D eigenvalue weighted by atomic mass is 19.4. The van der Waals surface area contributed by atoms with Crippen molar-refractivity contribution in [3.8, 4) is 5.75 Å². The molecule has 102 valence electrons. The number of carboxylic acid groups (broad SMARTS) is 1. The van der Waals surface area contributed by atoms with E-state index in [-0.39, 0.29) is 11.1 Å². The van der Waals surface area contributed by atoms with Crippen LogP contribution in [0, 0.1) is 0 Å². The van der Waals surface area contributed by atoms with E-state index >= 15 is 0 Å². The summed E-state index contributed by atoms with van der Waals surface area (Å²) in [6.07, 6.45) is -6.84. The first-order chi connectivity index (χ1) is 8.76. The predicted molar refractivity (Wildman–Crippen MR) is 53.3 cm³/mol. The van der Waals surface area contributed by atoms with Crippen molar-refractivity contribution in [3.63, 3.8) is 0 Å². The zero-order valence-electron chi connectivity index (χ0n) is 9.01. The van der Waals surface area contributed by atoms with Crippen molar-refractivity contribution < 1.29 is 37.3 Å². The van der Waals surface area contributed by atoms with E-state index in [0.717, 1.165) is 18.2 Å². The Morgan fingerprint density at radius 3 is 2.68 bits per heavy atom. The molecule has 1 heterocycles. The van der Waals surface area contributed by atoms with Gasteiger partial charge >= 0.3 is 12.3 Å². The van der Waals surface area contributed by atoms with Crippen LogP contribution in [-0.4, -0.2) is 27.5 Å². The van der Waals surface area contributed by atoms with Gasteiger partial charge in [-0.2, -0.15) is 0 Å². The van der Waals surface area contributed by atoms with E-state index in [9.17, 15) is 23.1 Å². The molecule has 19 heavy (non-hydrogen) atoms. The fourth-order valence-electron chi connectivity index (χ4n) is 1.34. The van der Waals surface area contributed by atoms with Crippen LogP contribution in [0.15, 0.2) is 22.6 Å². The molecular formula is C10H6F3NO5. The molecule has 2 aromatic rings. The van der Waals surface area contributed by atoms with E-state index in [1.54, 1.807) is 0 Å². The average molecular weight is 277 g/mol. The maximum Gasteiger partial charge on any atom is 0.573 e. The number of nitrogens with zero attached hydrogens (tertiary/aromatic N) is 1. The van der Waals surface area contributed by atoms with Crippen LogP contribution in [-0.2, 0) is 4.79 Å². The lowest BCUT2D eigenvalue weighted by Crippen LogP contribution is -2.16. The molecule has 0 radical (unpaired) electrons. The molecule has 0 aliphatic rings. The molecule has 0 saturated carbocycles. The number of aliphatic carboxylic acids is 1. The minimum absolute atomic E-state index is 0.102. The van der Waals surface area contributed by atoms with E-state index < -0.39 is 30.1 Å². The van der Waals surface area contributed by atoms with E-state index in [4.69, 9.17) is 9.52 Å². The Labute approximate surface area is 103 Å². The number of ether oxygens (including phenoxy) is 1. The molecular weight excluding hydrogens is 271 g/mol. The van der Waals surface area contributed by atoms with Gasteiger partial charge in [-0.05, 0) is 12.1 Å². The standard InChI is InChI=1S/C10H6F3NO5/c11-10(12,13)19-4-1-2-5-6(3-4)18-8(14-5)7(15)9(16)17/h1-3,7,15H,(H,16,17). The predicted octanol–water partition coefficient (Wildman–Crippen LogP) is 1.84. The van der Waals surface area contributed by atoms with Crippen molar-refractivity contribution >= 4 is 17.1 Å². The molecule has 2 N–H and O–H groups in total. The number of carbonyl (C=O) groups is 1. The van der Waals surface area contributed by atoms with E-state index in [0.29, 0.717) is 0 Å². The first kappa shape index (κ1) is 13.1. The van der Waals surface area contributed by atoms with Crippen LogP contribution in [0.3, 0.4) is 0 Å². The second-order valence-electron chi connectivity index (χ2n) is 3.47. The third-order valence-electron chi connectivity index (χ3n) is 2.08. The molecule has 0 spiro atoms. The SMILES string of the molecule is O=C(O)C(O)c1nc2ccc(OC(F)(F)F)cc2o1. The van der Waals surface area contributed by atoms with Crippen molar-refractivity contribution in [2.45, 2.75) is 12.5 Å². The highest BCUT2D eigenvalue weighted by molar-refractivity contribution is 5.77. The second-order valence-corrected chi connectivity index (χ2v) is 3.47. The van der Waals surface area contributed by atoms with Gasteiger partial charge in [0, 0.05) is 6.07 Å². The molecule has 1 atom stereocenters. The number of fused-ring (bicyclic) bond motifs is 1. The fraction of sp³-hybridized carbons (Fsp3) is 0.200.